The standard InChI is InChI=1S/C17H23N3O4/c1-24-14-7-4-8-19(17(14)23)11-15(21)18-9-10-20(16(22)12-18)13-5-2-3-6-13/h4,7-8,13H,2-3,5-6,9-12H2,1H3. The molecule has 1 aliphatic heterocycles. The van der Waals surface area contributed by atoms with Crippen molar-refractivity contribution in [1.29, 1.82) is 0 Å². The maximum atomic E-state index is 12.4. The molecule has 1 saturated heterocycles. The lowest BCUT2D eigenvalue weighted by atomic mass is 10.1. The minimum absolute atomic E-state index is 0.0134. The van der Waals surface area contributed by atoms with Gasteiger partial charge in [-0.05, 0) is 25.0 Å². The summed E-state index contributed by atoms with van der Waals surface area (Å²) in [5, 5.41) is 0. The van der Waals surface area contributed by atoms with E-state index in [0.29, 0.717) is 19.1 Å². The Hall–Kier alpha value is -2.31. The van der Waals surface area contributed by atoms with Gasteiger partial charge in [0, 0.05) is 25.3 Å². The van der Waals surface area contributed by atoms with Crippen LogP contribution in [0.15, 0.2) is 23.1 Å². The molecule has 7 nitrogen and oxygen atoms in total. The Morgan fingerprint density at radius 3 is 2.67 bits per heavy atom. The fourth-order valence-electron chi connectivity index (χ4n) is 3.54. The maximum absolute atomic E-state index is 12.4. The fraction of sp³-hybridized carbons (Fsp3) is 0.588. The van der Waals surface area contributed by atoms with Crippen molar-refractivity contribution >= 4 is 11.8 Å². The summed E-state index contributed by atoms with van der Waals surface area (Å²) in [4.78, 5) is 40.4. The third-order valence-electron chi connectivity index (χ3n) is 4.89. The Morgan fingerprint density at radius 2 is 2.00 bits per heavy atom. The molecule has 7 heteroatoms. The zero-order valence-corrected chi connectivity index (χ0v) is 13.9. The van der Waals surface area contributed by atoms with Crippen LogP contribution in [0.25, 0.3) is 0 Å². The van der Waals surface area contributed by atoms with E-state index < -0.39 is 0 Å². The molecule has 1 saturated carbocycles. The summed E-state index contributed by atoms with van der Waals surface area (Å²) in [7, 11) is 1.42. The number of amides is 2. The second-order valence-electron chi connectivity index (χ2n) is 6.35. The SMILES string of the molecule is COc1cccn(CC(=O)N2CCN(C3CCCC3)C(=O)C2)c1=O. The molecular formula is C17H23N3O4. The van der Waals surface area contributed by atoms with Crippen molar-refractivity contribution in [3.8, 4) is 5.75 Å². The summed E-state index contributed by atoms with van der Waals surface area (Å²) in [6.45, 7) is 1.14. The number of hydrogen-bond acceptors (Lipinski definition) is 4. The van der Waals surface area contributed by atoms with Crippen molar-refractivity contribution in [2.75, 3.05) is 26.7 Å². The molecule has 24 heavy (non-hydrogen) atoms. The maximum Gasteiger partial charge on any atom is 0.293 e. The molecule has 0 atom stereocenters. The van der Waals surface area contributed by atoms with Gasteiger partial charge in [0.25, 0.3) is 5.56 Å². The summed E-state index contributed by atoms with van der Waals surface area (Å²) >= 11 is 0. The van der Waals surface area contributed by atoms with E-state index in [0.717, 1.165) is 12.8 Å². The smallest absolute Gasteiger partial charge is 0.293 e. The molecule has 0 bridgehead atoms. The highest BCUT2D eigenvalue weighted by molar-refractivity contribution is 5.86. The van der Waals surface area contributed by atoms with Crippen LogP contribution in [-0.2, 0) is 16.1 Å². The highest BCUT2D eigenvalue weighted by Crippen LogP contribution is 2.24. The Labute approximate surface area is 140 Å². The number of piperazine rings is 1. The first-order valence-electron chi connectivity index (χ1n) is 8.41. The first kappa shape index (κ1) is 16.5. The second-order valence-corrected chi connectivity index (χ2v) is 6.35. The van der Waals surface area contributed by atoms with Crippen molar-refractivity contribution in [3.63, 3.8) is 0 Å². The molecule has 0 spiro atoms. The van der Waals surface area contributed by atoms with Crippen LogP contribution in [-0.4, -0.2) is 59.0 Å². The normalized spacial score (nSPS) is 19.0. The van der Waals surface area contributed by atoms with Crippen LogP contribution in [0.3, 0.4) is 0 Å². The Balaban J connectivity index is 1.62. The summed E-state index contributed by atoms with van der Waals surface area (Å²) in [6.07, 6.45) is 6.04. The average Bonchev–Trinajstić information content (AvgIpc) is 3.11. The van der Waals surface area contributed by atoms with Crippen LogP contribution in [0, 0.1) is 0 Å². The van der Waals surface area contributed by atoms with Crippen LogP contribution in [0.2, 0.25) is 0 Å². The summed E-state index contributed by atoms with van der Waals surface area (Å²) in [5.74, 6) is -0.00306. The summed E-state index contributed by atoms with van der Waals surface area (Å²) in [6, 6.07) is 3.57. The largest absolute Gasteiger partial charge is 0.491 e. The van der Waals surface area contributed by atoms with Gasteiger partial charge in [0.15, 0.2) is 5.75 Å². The van der Waals surface area contributed by atoms with Gasteiger partial charge in [0.05, 0.1) is 13.7 Å². The van der Waals surface area contributed by atoms with Gasteiger partial charge >= 0.3 is 0 Å². The van der Waals surface area contributed by atoms with E-state index in [9.17, 15) is 14.4 Å². The second kappa shape index (κ2) is 7.07. The molecule has 2 aliphatic rings. The van der Waals surface area contributed by atoms with Crippen LogP contribution in [0.1, 0.15) is 25.7 Å². The predicted octanol–water partition coefficient (Wildman–Crippen LogP) is 0.470. The topological polar surface area (TPSA) is 71.8 Å². The molecule has 0 N–H and O–H groups in total. The van der Waals surface area contributed by atoms with E-state index in [-0.39, 0.29) is 36.2 Å². The predicted molar refractivity (Wildman–Crippen MR) is 87.8 cm³/mol. The number of aromatic nitrogens is 1. The Morgan fingerprint density at radius 1 is 1.25 bits per heavy atom. The number of rotatable bonds is 4. The third kappa shape index (κ3) is 3.29. The van der Waals surface area contributed by atoms with E-state index in [1.54, 1.807) is 23.2 Å². The number of ether oxygens (including phenoxy) is 1. The first-order valence-corrected chi connectivity index (χ1v) is 8.41. The molecule has 3 rings (SSSR count). The fourth-order valence-corrected chi connectivity index (χ4v) is 3.54. The van der Waals surface area contributed by atoms with E-state index in [4.69, 9.17) is 4.74 Å². The van der Waals surface area contributed by atoms with Crippen molar-refractivity contribution < 1.29 is 14.3 Å². The molecule has 2 fully saturated rings. The Kier molecular flexibility index (Phi) is 4.87. The molecular weight excluding hydrogens is 310 g/mol. The van der Waals surface area contributed by atoms with Gasteiger partial charge < -0.3 is 19.1 Å². The van der Waals surface area contributed by atoms with Gasteiger partial charge in [-0.3, -0.25) is 14.4 Å². The van der Waals surface area contributed by atoms with Crippen LogP contribution >= 0.6 is 0 Å². The Bertz CT molecular complexity index is 679. The van der Waals surface area contributed by atoms with E-state index in [1.807, 2.05) is 4.90 Å². The van der Waals surface area contributed by atoms with Crippen LogP contribution < -0.4 is 10.3 Å². The van der Waals surface area contributed by atoms with Crippen molar-refractivity contribution in [2.45, 2.75) is 38.3 Å². The minimum atomic E-state index is -0.343. The number of carbonyl (C=O) groups is 2. The van der Waals surface area contributed by atoms with Gasteiger partial charge in [-0.25, -0.2) is 0 Å². The van der Waals surface area contributed by atoms with Crippen molar-refractivity contribution in [2.24, 2.45) is 0 Å². The lowest BCUT2D eigenvalue weighted by molar-refractivity contribution is -0.147. The van der Waals surface area contributed by atoms with Crippen LogP contribution in [0.5, 0.6) is 5.75 Å². The first-order chi connectivity index (χ1) is 11.6. The number of carbonyl (C=O) groups excluding carboxylic acids is 2. The molecule has 1 aromatic rings. The molecule has 0 aromatic carbocycles. The minimum Gasteiger partial charge on any atom is -0.491 e. The lowest BCUT2D eigenvalue weighted by Crippen LogP contribution is -2.55. The van der Waals surface area contributed by atoms with E-state index in [2.05, 4.69) is 0 Å². The number of pyridine rings is 1. The molecule has 1 aromatic heterocycles. The number of methoxy groups -OCH3 is 1. The molecule has 0 unspecified atom stereocenters. The van der Waals surface area contributed by atoms with E-state index in [1.165, 1.54) is 24.5 Å². The molecule has 2 heterocycles. The van der Waals surface area contributed by atoms with E-state index >= 15 is 0 Å². The lowest BCUT2D eigenvalue weighted by Gasteiger charge is -2.37. The van der Waals surface area contributed by atoms with Gasteiger partial charge in [0.2, 0.25) is 11.8 Å². The number of hydrogen-bond donors (Lipinski definition) is 0. The van der Waals surface area contributed by atoms with Crippen molar-refractivity contribution in [3.05, 3.63) is 28.7 Å². The molecule has 130 valence electrons. The average molecular weight is 333 g/mol. The zero-order valence-electron chi connectivity index (χ0n) is 13.9. The van der Waals surface area contributed by atoms with Crippen LogP contribution in [0.4, 0.5) is 0 Å². The van der Waals surface area contributed by atoms with Gasteiger partial charge in [-0.15, -0.1) is 0 Å². The molecule has 0 radical (unpaired) electrons. The highest BCUT2D eigenvalue weighted by atomic mass is 16.5. The summed E-state index contributed by atoms with van der Waals surface area (Å²) < 4.78 is 6.30. The quantitative estimate of drug-likeness (QED) is 0.803. The monoisotopic (exact) mass is 333 g/mol. The van der Waals surface area contributed by atoms with Crippen molar-refractivity contribution in [1.82, 2.24) is 14.4 Å². The molecule has 2 amide bonds. The highest BCUT2D eigenvalue weighted by Gasteiger charge is 2.32. The zero-order chi connectivity index (χ0) is 17.1. The molecule has 1 aliphatic carbocycles. The van der Waals surface area contributed by atoms with Gasteiger partial charge in [0.1, 0.15) is 6.54 Å². The van der Waals surface area contributed by atoms with Gasteiger partial charge in [-0.1, -0.05) is 12.8 Å². The summed E-state index contributed by atoms with van der Waals surface area (Å²) in [5.41, 5.74) is -0.343. The third-order valence-corrected chi connectivity index (χ3v) is 4.89. The number of nitrogens with zero attached hydrogens (tertiary/aromatic N) is 3. The van der Waals surface area contributed by atoms with Gasteiger partial charge in [-0.2, -0.15) is 0 Å².